The maximum absolute atomic E-state index is 9.96. The lowest BCUT2D eigenvalue weighted by atomic mass is 10.0. The van der Waals surface area contributed by atoms with Gasteiger partial charge in [-0.05, 0) is 59.3 Å². The highest BCUT2D eigenvalue weighted by molar-refractivity contribution is 9.10. The van der Waals surface area contributed by atoms with Crippen LogP contribution < -0.4 is 0 Å². The van der Waals surface area contributed by atoms with E-state index in [1.54, 1.807) is 11.3 Å². The van der Waals surface area contributed by atoms with Crippen molar-refractivity contribution in [2.45, 2.75) is 25.4 Å². The third-order valence-electron chi connectivity index (χ3n) is 2.73. The quantitative estimate of drug-likeness (QED) is 0.883. The molecule has 1 unspecified atom stereocenters. The molecule has 0 saturated carbocycles. The third kappa shape index (κ3) is 4.26. The number of halogens is 1. The fourth-order valence-electron chi connectivity index (χ4n) is 1.76. The smallest absolute Gasteiger partial charge is 0.0583 e. The first-order valence-electron chi connectivity index (χ1n) is 5.67. The van der Waals surface area contributed by atoms with Gasteiger partial charge in [-0.1, -0.05) is 28.1 Å². The fourth-order valence-corrected chi connectivity index (χ4v) is 2.73. The summed E-state index contributed by atoms with van der Waals surface area (Å²) in [6, 6.07) is 10.3. The van der Waals surface area contributed by atoms with Crippen LogP contribution in [0, 0.1) is 0 Å². The third-order valence-corrected chi connectivity index (χ3v) is 3.99. The molecule has 2 aromatic rings. The lowest BCUT2D eigenvalue weighted by Crippen LogP contribution is -2.11. The maximum atomic E-state index is 9.96. The summed E-state index contributed by atoms with van der Waals surface area (Å²) >= 11 is 5.12. The number of hydrogen-bond donors (Lipinski definition) is 1. The van der Waals surface area contributed by atoms with Crippen LogP contribution in [0.3, 0.4) is 0 Å². The Bertz CT molecular complexity index is 436. The molecule has 0 saturated heterocycles. The largest absolute Gasteiger partial charge is 0.393 e. The SMILES string of the molecule is OC(CCc1ccsc1)Cc1ccc(Br)cc1. The highest BCUT2D eigenvalue weighted by Gasteiger charge is 2.06. The van der Waals surface area contributed by atoms with Crippen molar-refractivity contribution in [2.24, 2.45) is 0 Å². The fraction of sp³-hybridized carbons (Fsp3) is 0.286. The Morgan fingerprint density at radius 1 is 1.12 bits per heavy atom. The van der Waals surface area contributed by atoms with Gasteiger partial charge in [0.2, 0.25) is 0 Å². The maximum Gasteiger partial charge on any atom is 0.0583 e. The minimum atomic E-state index is -0.254. The monoisotopic (exact) mass is 310 g/mol. The number of aliphatic hydroxyl groups excluding tert-OH is 1. The molecule has 1 heterocycles. The van der Waals surface area contributed by atoms with E-state index in [1.165, 1.54) is 11.1 Å². The number of rotatable bonds is 5. The van der Waals surface area contributed by atoms with E-state index in [2.05, 4.69) is 44.9 Å². The van der Waals surface area contributed by atoms with E-state index in [9.17, 15) is 5.11 Å². The Morgan fingerprint density at radius 3 is 2.53 bits per heavy atom. The highest BCUT2D eigenvalue weighted by Crippen LogP contribution is 2.15. The first-order valence-corrected chi connectivity index (χ1v) is 7.41. The van der Waals surface area contributed by atoms with E-state index in [0.29, 0.717) is 0 Å². The van der Waals surface area contributed by atoms with Crippen LogP contribution >= 0.6 is 27.3 Å². The van der Waals surface area contributed by atoms with Crippen LogP contribution in [0.5, 0.6) is 0 Å². The van der Waals surface area contributed by atoms with Crippen LogP contribution in [0.2, 0.25) is 0 Å². The Kier molecular flexibility index (Phi) is 4.77. The molecule has 0 fully saturated rings. The lowest BCUT2D eigenvalue weighted by Gasteiger charge is -2.10. The van der Waals surface area contributed by atoms with Gasteiger partial charge in [0.05, 0.1) is 6.10 Å². The van der Waals surface area contributed by atoms with Crippen molar-refractivity contribution in [3.63, 3.8) is 0 Å². The molecule has 1 atom stereocenters. The summed E-state index contributed by atoms with van der Waals surface area (Å²) < 4.78 is 1.08. The van der Waals surface area contributed by atoms with Crippen LogP contribution in [-0.2, 0) is 12.8 Å². The van der Waals surface area contributed by atoms with E-state index in [-0.39, 0.29) is 6.10 Å². The molecule has 0 amide bonds. The summed E-state index contributed by atoms with van der Waals surface area (Å²) in [6.45, 7) is 0. The Morgan fingerprint density at radius 2 is 1.88 bits per heavy atom. The number of aryl methyl sites for hydroxylation is 1. The van der Waals surface area contributed by atoms with E-state index >= 15 is 0 Å². The average molecular weight is 311 g/mol. The zero-order chi connectivity index (χ0) is 12.1. The van der Waals surface area contributed by atoms with Crippen LogP contribution in [0.1, 0.15) is 17.5 Å². The molecule has 90 valence electrons. The van der Waals surface area contributed by atoms with Crippen molar-refractivity contribution in [1.82, 2.24) is 0 Å². The van der Waals surface area contributed by atoms with Gasteiger partial charge in [-0.25, -0.2) is 0 Å². The standard InChI is InChI=1S/C14H15BrOS/c15-13-4-1-11(2-5-13)9-14(16)6-3-12-7-8-17-10-12/h1-2,4-5,7-8,10,14,16H,3,6,9H2. The molecule has 1 aromatic carbocycles. The van der Waals surface area contributed by atoms with E-state index < -0.39 is 0 Å². The lowest BCUT2D eigenvalue weighted by molar-refractivity contribution is 0.165. The molecule has 1 nitrogen and oxygen atoms in total. The summed E-state index contributed by atoms with van der Waals surface area (Å²) in [5.74, 6) is 0. The molecule has 0 spiro atoms. The molecule has 3 heteroatoms. The van der Waals surface area contributed by atoms with Crippen LogP contribution in [-0.4, -0.2) is 11.2 Å². The van der Waals surface area contributed by atoms with Crippen molar-refractivity contribution in [3.05, 3.63) is 56.7 Å². The van der Waals surface area contributed by atoms with E-state index in [4.69, 9.17) is 0 Å². The van der Waals surface area contributed by atoms with Crippen LogP contribution in [0.15, 0.2) is 45.6 Å². The Hall–Kier alpha value is -0.640. The predicted octanol–water partition coefficient (Wildman–Crippen LogP) is 4.05. The second-order valence-electron chi connectivity index (χ2n) is 4.15. The number of thiophene rings is 1. The van der Waals surface area contributed by atoms with Gasteiger partial charge in [0.15, 0.2) is 0 Å². The van der Waals surface area contributed by atoms with Gasteiger partial charge >= 0.3 is 0 Å². The van der Waals surface area contributed by atoms with Crippen LogP contribution in [0.25, 0.3) is 0 Å². The second-order valence-corrected chi connectivity index (χ2v) is 5.85. The van der Waals surface area contributed by atoms with Gasteiger partial charge in [-0.3, -0.25) is 0 Å². The van der Waals surface area contributed by atoms with Crippen molar-refractivity contribution >= 4 is 27.3 Å². The topological polar surface area (TPSA) is 20.2 Å². The first kappa shape index (κ1) is 12.8. The molecule has 0 aliphatic heterocycles. The summed E-state index contributed by atoms with van der Waals surface area (Å²) in [6.07, 6.45) is 2.27. The number of hydrogen-bond acceptors (Lipinski definition) is 2. The minimum absolute atomic E-state index is 0.254. The van der Waals surface area contributed by atoms with Crippen molar-refractivity contribution in [1.29, 1.82) is 0 Å². The Labute approximate surface area is 114 Å². The molecule has 1 aromatic heterocycles. The van der Waals surface area contributed by atoms with Gasteiger partial charge in [0.1, 0.15) is 0 Å². The van der Waals surface area contributed by atoms with Gasteiger partial charge in [-0.15, -0.1) is 0 Å². The normalized spacial score (nSPS) is 12.6. The van der Waals surface area contributed by atoms with Gasteiger partial charge in [0.25, 0.3) is 0 Å². The molecule has 1 N–H and O–H groups in total. The first-order chi connectivity index (χ1) is 8.24. The van der Waals surface area contributed by atoms with E-state index in [1.807, 2.05) is 12.1 Å². The number of benzene rings is 1. The Balaban J connectivity index is 1.80. The molecule has 0 radical (unpaired) electrons. The summed E-state index contributed by atoms with van der Waals surface area (Å²) in [4.78, 5) is 0. The highest BCUT2D eigenvalue weighted by atomic mass is 79.9. The second kappa shape index (κ2) is 6.34. The summed E-state index contributed by atoms with van der Waals surface area (Å²) in [7, 11) is 0. The molecule has 2 rings (SSSR count). The molecular weight excluding hydrogens is 296 g/mol. The predicted molar refractivity (Wildman–Crippen MR) is 76.5 cm³/mol. The average Bonchev–Trinajstić information content (AvgIpc) is 2.83. The van der Waals surface area contributed by atoms with Crippen molar-refractivity contribution in [2.75, 3.05) is 0 Å². The zero-order valence-corrected chi connectivity index (χ0v) is 11.9. The summed E-state index contributed by atoms with van der Waals surface area (Å²) in [5.41, 5.74) is 2.51. The van der Waals surface area contributed by atoms with Gasteiger partial charge in [-0.2, -0.15) is 11.3 Å². The molecule has 0 aliphatic rings. The molecular formula is C14H15BrOS. The van der Waals surface area contributed by atoms with Crippen molar-refractivity contribution in [3.8, 4) is 0 Å². The summed E-state index contributed by atoms with van der Waals surface area (Å²) in [5, 5.41) is 14.2. The molecule has 0 bridgehead atoms. The van der Waals surface area contributed by atoms with Gasteiger partial charge in [0, 0.05) is 4.47 Å². The van der Waals surface area contributed by atoms with Crippen molar-refractivity contribution < 1.29 is 5.11 Å². The molecule has 0 aliphatic carbocycles. The molecule has 17 heavy (non-hydrogen) atoms. The number of aliphatic hydroxyl groups is 1. The minimum Gasteiger partial charge on any atom is -0.393 e. The van der Waals surface area contributed by atoms with Crippen LogP contribution in [0.4, 0.5) is 0 Å². The van der Waals surface area contributed by atoms with E-state index in [0.717, 1.165) is 23.7 Å². The van der Waals surface area contributed by atoms with Gasteiger partial charge < -0.3 is 5.11 Å². The zero-order valence-electron chi connectivity index (χ0n) is 9.47.